The third-order valence-corrected chi connectivity index (χ3v) is 4.14. The molecule has 7 heteroatoms. The predicted octanol–water partition coefficient (Wildman–Crippen LogP) is 2.74. The predicted molar refractivity (Wildman–Crippen MR) is 95.6 cm³/mol. The van der Waals surface area contributed by atoms with Crippen LogP contribution in [0.15, 0.2) is 48.5 Å². The van der Waals surface area contributed by atoms with Crippen LogP contribution >= 0.6 is 0 Å². The number of phenols is 6. The van der Waals surface area contributed by atoms with Crippen molar-refractivity contribution in [2.24, 2.45) is 0 Å². The molecule has 27 heavy (non-hydrogen) atoms. The molecule has 0 radical (unpaired) electrons. The van der Waals surface area contributed by atoms with E-state index in [9.17, 15) is 35.4 Å². The van der Waals surface area contributed by atoms with Gasteiger partial charge in [-0.2, -0.15) is 0 Å². The standard InChI is InChI=1S/C20H16O7/c21-14-8-12(9-15(22)19(14)26)16(23)13-7-11(17(24)20(27)18(13)25)6-10-4-2-1-3-5-10/h1-5,7-9,21-22,24-27H,6H2. The van der Waals surface area contributed by atoms with Crippen molar-refractivity contribution >= 4 is 5.78 Å². The van der Waals surface area contributed by atoms with E-state index in [2.05, 4.69) is 0 Å². The van der Waals surface area contributed by atoms with Crippen molar-refractivity contribution in [3.63, 3.8) is 0 Å². The van der Waals surface area contributed by atoms with Crippen LogP contribution in [-0.4, -0.2) is 36.4 Å². The molecular weight excluding hydrogens is 352 g/mol. The Morgan fingerprint density at radius 2 is 1.30 bits per heavy atom. The van der Waals surface area contributed by atoms with Gasteiger partial charge in [-0.15, -0.1) is 0 Å². The topological polar surface area (TPSA) is 138 Å². The fraction of sp³-hybridized carbons (Fsp3) is 0.0500. The molecule has 0 unspecified atom stereocenters. The molecule has 3 aromatic rings. The highest BCUT2D eigenvalue weighted by Gasteiger charge is 2.24. The Morgan fingerprint density at radius 1 is 0.704 bits per heavy atom. The number of benzene rings is 3. The summed E-state index contributed by atoms with van der Waals surface area (Å²) in [6.45, 7) is 0. The van der Waals surface area contributed by atoms with Gasteiger partial charge in [-0.3, -0.25) is 4.79 Å². The van der Waals surface area contributed by atoms with Gasteiger partial charge < -0.3 is 30.6 Å². The Hall–Kier alpha value is -3.87. The number of rotatable bonds is 4. The van der Waals surface area contributed by atoms with Crippen LogP contribution in [0.4, 0.5) is 0 Å². The third kappa shape index (κ3) is 3.30. The van der Waals surface area contributed by atoms with Gasteiger partial charge >= 0.3 is 0 Å². The maximum Gasteiger partial charge on any atom is 0.201 e. The van der Waals surface area contributed by atoms with Crippen LogP contribution in [-0.2, 0) is 6.42 Å². The van der Waals surface area contributed by atoms with Crippen molar-refractivity contribution in [2.75, 3.05) is 0 Å². The molecule has 0 aromatic heterocycles. The summed E-state index contributed by atoms with van der Waals surface area (Å²) in [5, 5.41) is 58.8. The normalized spacial score (nSPS) is 10.7. The number of ketones is 1. The molecule has 0 fully saturated rings. The Bertz CT molecular complexity index is 1000. The number of hydrogen-bond donors (Lipinski definition) is 6. The average Bonchev–Trinajstić information content (AvgIpc) is 2.66. The summed E-state index contributed by atoms with van der Waals surface area (Å²) in [6.07, 6.45) is 0.187. The number of hydrogen-bond acceptors (Lipinski definition) is 7. The summed E-state index contributed by atoms with van der Waals surface area (Å²) in [5.41, 5.74) is 0.442. The van der Waals surface area contributed by atoms with Crippen LogP contribution in [0.1, 0.15) is 27.0 Å². The van der Waals surface area contributed by atoms with E-state index in [0.717, 1.165) is 17.7 Å². The molecule has 0 aliphatic heterocycles. The quantitative estimate of drug-likeness (QED) is 0.307. The van der Waals surface area contributed by atoms with Gasteiger partial charge in [0.1, 0.15) is 0 Å². The van der Waals surface area contributed by atoms with Crippen molar-refractivity contribution in [1.82, 2.24) is 0 Å². The molecule has 0 aliphatic rings. The van der Waals surface area contributed by atoms with E-state index in [4.69, 9.17) is 0 Å². The van der Waals surface area contributed by atoms with Gasteiger partial charge in [-0.05, 0) is 23.8 Å². The van der Waals surface area contributed by atoms with Gasteiger partial charge in [0.05, 0.1) is 5.56 Å². The maximum atomic E-state index is 12.7. The van der Waals surface area contributed by atoms with E-state index in [1.807, 2.05) is 6.07 Å². The Morgan fingerprint density at radius 3 is 1.89 bits per heavy atom. The van der Waals surface area contributed by atoms with Crippen LogP contribution in [0.5, 0.6) is 34.5 Å². The molecule has 6 N–H and O–H groups in total. The van der Waals surface area contributed by atoms with E-state index in [-0.39, 0.29) is 23.1 Å². The maximum absolute atomic E-state index is 12.7. The van der Waals surface area contributed by atoms with Gasteiger partial charge in [0.25, 0.3) is 0 Å². The molecule has 0 amide bonds. The molecule has 7 nitrogen and oxygen atoms in total. The molecule has 0 heterocycles. The first-order chi connectivity index (χ1) is 12.8. The molecule has 0 saturated heterocycles. The summed E-state index contributed by atoms with van der Waals surface area (Å²) in [7, 11) is 0. The lowest BCUT2D eigenvalue weighted by Crippen LogP contribution is -2.04. The first kappa shape index (κ1) is 17.9. The Labute approximate surface area is 153 Å². The van der Waals surface area contributed by atoms with Crippen LogP contribution in [0.2, 0.25) is 0 Å². The molecule has 0 saturated carbocycles. The largest absolute Gasteiger partial charge is 0.504 e. The van der Waals surface area contributed by atoms with E-state index < -0.39 is 40.3 Å². The van der Waals surface area contributed by atoms with E-state index in [1.54, 1.807) is 24.3 Å². The minimum absolute atomic E-state index is 0.187. The average molecular weight is 368 g/mol. The minimum atomic E-state index is -0.848. The first-order valence-corrected chi connectivity index (χ1v) is 7.90. The second kappa shape index (κ2) is 6.80. The zero-order chi connectivity index (χ0) is 19.7. The van der Waals surface area contributed by atoms with E-state index in [0.29, 0.717) is 0 Å². The minimum Gasteiger partial charge on any atom is -0.504 e. The lowest BCUT2D eigenvalue weighted by molar-refractivity contribution is 0.103. The first-order valence-electron chi connectivity index (χ1n) is 7.90. The number of carbonyl (C=O) groups excluding carboxylic acids is 1. The van der Waals surface area contributed by atoms with Crippen LogP contribution in [0.25, 0.3) is 0 Å². The van der Waals surface area contributed by atoms with Gasteiger partial charge in [0.2, 0.25) is 5.75 Å². The molecule has 3 aromatic carbocycles. The third-order valence-electron chi connectivity index (χ3n) is 4.14. The SMILES string of the molecule is O=C(c1cc(O)c(O)c(O)c1)c1cc(Cc2ccccc2)c(O)c(O)c1O. The van der Waals surface area contributed by atoms with Crippen LogP contribution < -0.4 is 0 Å². The van der Waals surface area contributed by atoms with E-state index in [1.165, 1.54) is 6.07 Å². The van der Waals surface area contributed by atoms with Gasteiger partial charge in [-0.1, -0.05) is 30.3 Å². The fourth-order valence-corrected chi connectivity index (χ4v) is 2.72. The highest BCUT2D eigenvalue weighted by molar-refractivity contribution is 6.12. The fourth-order valence-electron chi connectivity index (χ4n) is 2.72. The zero-order valence-corrected chi connectivity index (χ0v) is 13.9. The Kier molecular flexibility index (Phi) is 4.51. The van der Waals surface area contributed by atoms with Crippen LogP contribution in [0.3, 0.4) is 0 Å². The molecule has 0 atom stereocenters. The highest BCUT2D eigenvalue weighted by Crippen LogP contribution is 2.43. The number of carbonyl (C=O) groups is 1. The summed E-state index contributed by atoms with van der Waals surface area (Å²) in [5.74, 6) is -5.28. The van der Waals surface area contributed by atoms with Gasteiger partial charge in [0, 0.05) is 17.5 Å². The second-order valence-corrected chi connectivity index (χ2v) is 5.98. The number of aromatic hydroxyl groups is 6. The molecule has 3 rings (SSSR count). The Balaban J connectivity index is 2.09. The lowest BCUT2D eigenvalue weighted by atomic mass is 9.95. The molecular formula is C20H16O7. The van der Waals surface area contributed by atoms with Crippen molar-refractivity contribution in [3.05, 3.63) is 70.8 Å². The molecule has 0 spiro atoms. The molecule has 0 bridgehead atoms. The smallest absolute Gasteiger partial charge is 0.201 e. The van der Waals surface area contributed by atoms with Gasteiger partial charge in [-0.25, -0.2) is 0 Å². The summed E-state index contributed by atoms with van der Waals surface area (Å²) < 4.78 is 0. The van der Waals surface area contributed by atoms with Gasteiger partial charge in [0.15, 0.2) is 34.5 Å². The van der Waals surface area contributed by atoms with Crippen molar-refractivity contribution in [3.8, 4) is 34.5 Å². The lowest BCUT2D eigenvalue weighted by Gasteiger charge is -2.13. The molecule has 0 aliphatic carbocycles. The van der Waals surface area contributed by atoms with Crippen LogP contribution in [0, 0.1) is 0 Å². The summed E-state index contributed by atoms with van der Waals surface area (Å²) >= 11 is 0. The number of phenolic OH excluding ortho intramolecular Hbond substituents is 6. The summed E-state index contributed by atoms with van der Waals surface area (Å²) in [4.78, 5) is 12.7. The summed E-state index contributed by atoms with van der Waals surface area (Å²) in [6, 6.07) is 12.0. The van der Waals surface area contributed by atoms with Crippen molar-refractivity contribution in [2.45, 2.75) is 6.42 Å². The van der Waals surface area contributed by atoms with Crippen molar-refractivity contribution < 1.29 is 35.4 Å². The molecule has 138 valence electrons. The second-order valence-electron chi connectivity index (χ2n) is 5.98. The van der Waals surface area contributed by atoms with Crippen molar-refractivity contribution in [1.29, 1.82) is 0 Å². The zero-order valence-electron chi connectivity index (χ0n) is 13.9. The highest BCUT2D eigenvalue weighted by atomic mass is 16.3. The van der Waals surface area contributed by atoms with E-state index >= 15 is 0 Å². The monoisotopic (exact) mass is 368 g/mol.